The van der Waals surface area contributed by atoms with Crippen LogP contribution in [0.5, 0.6) is 0 Å². The number of aromatic nitrogens is 5. The standard InChI is InChI=1S/C16H25N7O/c1-12(15-10-18-21(3)13(15)2)19-16(24)22-7-4-14(5-8-22)11-23-9-6-17-20-23/h6,9-10,12,14H,4-5,7-8,11H2,1-3H3,(H,19,24). The molecule has 0 radical (unpaired) electrons. The second-order valence-electron chi connectivity index (χ2n) is 6.54. The van der Waals surface area contributed by atoms with Crippen LogP contribution in [0.1, 0.15) is 37.1 Å². The maximum atomic E-state index is 12.5. The Labute approximate surface area is 141 Å². The number of carbonyl (C=O) groups excluding carboxylic acids is 1. The van der Waals surface area contributed by atoms with Gasteiger partial charge in [-0.25, -0.2) is 4.79 Å². The summed E-state index contributed by atoms with van der Waals surface area (Å²) in [4.78, 5) is 14.4. The highest BCUT2D eigenvalue weighted by Crippen LogP contribution is 2.20. The average molecular weight is 331 g/mol. The molecule has 2 amide bonds. The van der Waals surface area contributed by atoms with Crippen molar-refractivity contribution in [3.05, 3.63) is 29.8 Å². The molecule has 3 rings (SSSR count). The second-order valence-corrected chi connectivity index (χ2v) is 6.54. The van der Waals surface area contributed by atoms with Gasteiger partial charge < -0.3 is 10.2 Å². The fourth-order valence-electron chi connectivity index (χ4n) is 3.21. The lowest BCUT2D eigenvalue weighted by Crippen LogP contribution is -2.45. The molecule has 1 aliphatic heterocycles. The van der Waals surface area contributed by atoms with Gasteiger partial charge in [-0.3, -0.25) is 9.36 Å². The van der Waals surface area contributed by atoms with Gasteiger partial charge in [-0.15, -0.1) is 5.10 Å². The number of amides is 2. The molecule has 2 aromatic heterocycles. The number of rotatable bonds is 4. The maximum Gasteiger partial charge on any atom is 0.317 e. The van der Waals surface area contributed by atoms with Gasteiger partial charge in [0.15, 0.2) is 0 Å². The van der Waals surface area contributed by atoms with Gasteiger partial charge in [0.1, 0.15) is 0 Å². The molecule has 24 heavy (non-hydrogen) atoms. The molecule has 130 valence electrons. The first kappa shape index (κ1) is 16.5. The Bertz CT molecular complexity index is 671. The minimum Gasteiger partial charge on any atom is -0.331 e. The summed E-state index contributed by atoms with van der Waals surface area (Å²) in [6.07, 6.45) is 7.40. The third-order valence-corrected chi connectivity index (χ3v) is 4.90. The first-order valence-electron chi connectivity index (χ1n) is 8.42. The Morgan fingerprint density at radius 2 is 2.17 bits per heavy atom. The molecule has 1 saturated heterocycles. The van der Waals surface area contributed by atoms with Crippen LogP contribution in [0.15, 0.2) is 18.6 Å². The number of urea groups is 1. The summed E-state index contributed by atoms with van der Waals surface area (Å²) in [5, 5.41) is 15.2. The van der Waals surface area contributed by atoms with Gasteiger partial charge in [0.2, 0.25) is 0 Å². The molecule has 1 atom stereocenters. The molecule has 1 unspecified atom stereocenters. The van der Waals surface area contributed by atoms with Gasteiger partial charge in [-0.05, 0) is 32.6 Å². The van der Waals surface area contributed by atoms with Crippen molar-refractivity contribution in [1.29, 1.82) is 0 Å². The summed E-state index contributed by atoms with van der Waals surface area (Å²) in [5.41, 5.74) is 2.14. The van der Waals surface area contributed by atoms with Gasteiger partial charge in [-0.2, -0.15) is 5.10 Å². The van der Waals surface area contributed by atoms with Crippen molar-refractivity contribution in [1.82, 2.24) is 35.0 Å². The molecule has 8 heteroatoms. The Kier molecular flexibility index (Phi) is 4.82. The van der Waals surface area contributed by atoms with Crippen LogP contribution in [-0.4, -0.2) is 48.8 Å². The number of hydrogen-bond donors (Lipinski definition) is 1. The number of aryl methyl sites for hydroxylation is 1. The first-order chi connectivity index (χ1) is 11.5. The van der Waals surface area contributed by atoms with E-state index >= 15 is 0 Å². The second kappa shape index (κ2) is 7.02. The number of nitrogens with zero attached hydrogens (tertiary/aromatic N) is 6. The van der Waals surface area contributed by atoms with E-state index in [0.29, 0.717) is 5.92 Å². The van der Waals surface area contributed by atoms with Crippen LogP contribution >= 0.6 is 0 Å². The number of nitrogens with one attached hydrogen (secondary N) is 1. The monoisotopic (exact) mass is 331 g/mol. The molecular formula is C16H25N7O. The Balaban J connectivity index is 1.49. The molecule has 0 aliphatic carbocycles. The van der Waals surface area contributed by atoms with E-state index in [-0.39, 0.29) is 12.1 Å². The van der Waals surface area contributed by atoms with E-state index in [1.165, 1.54) is 0 Å². The fraction of sp³-hybridized carbons (Fsp3) is 0.625. The van der Waals surface area contributed by atoms with E-state index in [2.05, 4.69) is 20.7 Å². The van der Waals surface area contributed by atoms with Gasteiger partial charge >= 0.3 is 6.03 Å². The summed E-state index contributed by atoms with van der Waals surface area (Å²) in [6, 6.07) is -0.0379. The lowest BCUT2D eigenvalue weighted by Gasteiger charge is -2.32. The average Bonchev–Trinajstić information content (AvgIpc) is 3.19. The lowest BCUT2D eigenvalue weighted by molar-refractivity contribution is 0.161. The van der Waals surface area contributed by atoms with Crippen LogP contribution in [-0.2, 0) is 13.6 Å². The van der Waals surface area contributed by atoms with Gasteiger partial charge in [-0.1, -0.05) is 5.21 Å². The summed E-state index contributed by atoms with van der Waals surface area (Å²) < 4.78 is 3.70. The quantitative estimate of drug-likeness (QED) is 0.921. The molecule has 0 bridgehead atoms. The van der Waals surface area contributed by atoms with E-state index in [1.807, 2.05) is 47.6 Å². The third kappa shape index (κ3) is 3.58. The number of likely N-dealkylation sites (tertiary alicyclic amines) is 1. The van der Waals surface area contributed by atoms with Crippen LogP contribution < -0.4 is 5.32 Å². The van der Waals surface area contributed by atoms with Gasteiger partial charge in [0, 0.05) is 44.1 Å². The summed E-state index contributed by atoms with van der Waals surface area (Å²) in [5.74, 6) is 0.550. The van der Waals surface area contributed by atoms with Crippen molar-refractivity contribution >= 4 is 6.03 Å². The van der Waals surface area contributed by atoms with Crippen molar-refractivity contribution in [2.24, 2.45) is 13.0 Å². The van der Waals surface area contributed by atoms with Crippen molar-refractivity contribution in [2.45, 2.75) is 39.3 Å². The van der Waals surface area contributed by atoms with E-state index < -0.39 is 0 Å². The highest BCUT2D eigenvalue weighted by Gasteiger charge is 2.24. The zero-order chi connectivity index (χ0) is 17.1. The Hall–Kier alpha value is -2.38. The van der Waals surface area contributed by atoms with E-state index in [9.17, 15) is 4.79 Å². The summed E-state index contributed by atoms with van der Waals surface area (Å²) in [7, 11) is 1.91. The van der Waals surface area contributed by atoms with Gasteiger partial charge in [0.25, 0.3) is 0 Å². The SMILES string of the molecule is Cc1c(C(C)NC(=O)N2CCC(Cn3ccnn3)CC2)cnn1C. The van der Waals surface area contributed by atoms with Crippen LogP contribution in [0.2, 0.25) is 0 Å². The van der Waals surface area contributed by atoms with E-state index in [1.54, 1.807) is 6.20 Å². The summed E-state index contributed by atoms with van der Waals surface area (Å²) in [6.45, 7) is 6.45. The van der Waals surface area contributed by atoms with Crippen molar-refractivity contribution in [3.63, 3.8) is 0 Å². The Morgan fingerprint density at radius 3 is 2.75 bits per heavy atom. The molecule has 1 N–H and O–H groups in total. The minimum absolute atomic E-state index is 0.00459. The van der Waals surface area contributed by atoms with Crippen molar-refractivity contribution < 1.29 is 4.79 Å². The number of piperidine rings is 1. The molecule has 2 aromatic rings. The lowest BCUT2D eigenvalue weighted by atomic mass is 9.97. The molecule has 1 aliphatic rings. The van der Waals surface area contributed by atoms with Crippen molar-refractivity contribution in [3.8, 4) is 0 Å². The topological polar surface area (TPSA) is 80.9 Å². The first-order valence-corrected chi connectivity index (χ1v) is 8.42. The fourth-order valence-corrected chi connectivity index (χ4v) is 3.21. The van der Waals surface area contributed by atoms with Crippen LogP contribution in [0, 0.1) is 12.8 Å². The predicted molar refractivity (Wildman–Crippen MR) is 89.2 cm³/mol. The third-order valence-electron chi connectivity index (χ3n) is 4.90. The highest BCUT2D eigenvalue weighted by atomic mass is 16.2. The zero-order valence-electron chi connectivity index (χ0n) is 14.5. The molecule has 1 fully saturated rings. The number of hydrogen-bond acceptors (Lipinski definition) is 4. The maximum absolute atomic E-state index is 12.5. The smallest absolute Gasteiger partial charge is 0.317 e. The Morgan fingerprint density at radius 1 is 1.42 bits per heavy atom. The molecule has 0 saturated carbocycles. The molecule has 0 aromatic carbocycles. The van der Waals surface area contributed by atoms with E-state index in [0.717, 1.165) is 43.7 Å². The normalized spacial score (nSPS) is 17.0. The number of carbonyl (C=O) groups is 1. The molecule has 0 spiro atoms. The molecule has 3 heterocycles. The van der Waals surface area contributed by atoms with Crippen molar-refractivity contribution in [2.75, 3.05) is 13.1 Å². The zero-order valence-corrected chi connectivity index (χ0v) is 14.5. The van der Waals surface area contributed by atoms with Crippen LogP contribution in [0.4, 0.5) is 4.79 Å². The highest BCUT2D eigenvalue weighted by molar-refractivity contribution is 5.74. The van der Waals surface area contributed by atoms with Gasteiger partial charge in [0.05, 0.1) is 18.4 Å². The van der Waals surface area contributed by atoms with E-state index in [4.69, 9.17) is 0 Å². The minimum atomic E-state index is -0.0425. The molecular weight excluding hydrogens is 306 g/mol. The molecule has 8 nitrogen and oxygen atoms in total. The predicted octanol–water partition coefficient (Wildman–Crippen LogP) is 1.50. The van der Waals surface area contributed by atoms with Crippen LogP contribution in [0.3, 0.4) is 0 Å². The summed E-state index contributed by atoms with van der Waals surface area (Å²) >= 11 is 0. The van der Waals surface area contributed by atoms with Crippen LogP contribution in [0.25, 0.3) is 0 Å². The largest absolute Gasteiger partial charge is 0.331 e.